The van der Waals surface area contributed by atoms with Crippen molar-refractivity contribution in [3.63, 3.8) is 0 Å². The highest BCUT2D eigenvalue weighted by Gasteiger charge is 2.20. The number of likely N-dealkylation sites (tertiary alicyclic amines) is 1. The smallest absolute Gasteiger partial charge is 0.227 e. The first-order chi connectivity index (χ1) is 17.7. The molecule has 1 amide bonds. The first-order valence-corrected chi connectivity index (χ1v) is 12.2. The average molecular weight is 487 g/mol. The Kier molecular flexibility index (Phi) is 7.20. The normalized spacial score (nSPS) is 13.4. The van der Waals surface area contributed by atoms with Crippen molar-refractivity contribution in [1.29, 1.82) is 0 Å². The van der Waals surface area contributed by atoms with Gasteiger partial charge in [-0.25, -0.2) is 4.98 Å². The largest absolute Gasteiger partial charge is 0.497 e. The summed E-state index contributed by atoms with van der Waals surface area (Å²) in [4.78, 5) is 32.2. The van der Waals surface area contributed by atoms with Crippen LogP contribution in [0.4, 0.5) is 11.8 Å². The van der Waals surface area contributed by atoms with E-state index in [2.05, 4.69) is 32.7 Å². The van der Waals surface area contributed by atoms with E-state index in [1.807, 2.05) is 39.9 Å². The number of hydrogen-bond donors (Lipinski definition) is 2. The number of carbonyl (C=O) groups excluding carboxylic acids is 1. The molecule has 5 rings (SSSR count). The molecular weight excluding hydrogens is 456 g/mol. The van der Waals surface area contributed by atoms with Crippen LogP contribution < -0.4 is 15.4 Å². The Balaban J connectivity index is 1.34. The van der Waals surface area contributed by atoms with E-state index in [0.717, 1.165) is 36.3 Å². The van der Waals surface area contributed by atoms with Crippen molar-refractivity contribution in [1.82, 2.24) is 29.4 Å². The highest BCUT2D eigenvalue weighted by atomic mass is 16.5. The van der Waals surface area contributed by atoms with Crippen molar-refractivity contribution in [3.8, 4) is 5.75 Å². The van der Waals surface area contributed by atoms with E-state index in [1.54, 1.807) is 19.6 Å². The van der Waals surface area contributed by atoms with Gasteiger partial charge in [0.2, 0.25) is 11.9 Å². The van der Waals surface area contributed by atoms with Crippen LogP contribution in [0.3, 0.4) is 0 Å². The molecule has 0 aliphatic carbocycles. The van der Waals surface area contributed by atoms with Gasteiger partial charge in [-0.2, -0.15) is 9.97 Å². The fourth-order valence-electron chi connectivity index (χ4n) is 4.28. The highest BCUT2D eigenvalue weighted by Crippen LogP contribution is 2.22. The first-order valence-electron chi connectivity index (χ1n) is 12.2. The van der Waals surface area contributed by atoms with E-state index < -0.39 is 0 Å². The van der Waals surface area contributed by atoms with Gasteiger partial charge < -0.3 is 24.8 Å². The third-order valence-electron chi connectivity index (χ3n) is 6.28. The third-order valence-corrected chi connectivity index (χ3v) is 6.28. The second-order valence-electron chi connectivity index (χ2n) is 8.73. The van der Waals surface area contributed by atoms with Crippen LogP contribution >= 0.6 is 0 Å². The zero-order chi connectivity index (χ0) is 24.7. The van der Waals surface area contributed by atoms with Gasteiger partial charge in [-0.1, -0.05) is 18.2 Å². The van der Waals surface area contributed by atoms with E-state index in [4.69, 9.17) is 14.7 Å². The Morgan fingerprint density at radius 3 is 2.69 bits per heavy atom. The number of ether oxygens (including phenoxy) is 1. The SMILES string of the molecule is COc1ccc(CCNc2nc(NCc3cccnc3)nc3c2ncn3CCN2CCCC2=O)cc1. The van der Waals surface area contributed by atoms with Crippen LogP contribution in [0.1, 0.15) is 24.0 Å². The molecule has 1 aromatic carbocycles. The number of pyridine rings is 1. The number of carbonyl (C=O) groups is 1. The molecule has 1 fully saturated rings. The van der Waals surface area contributed by atoms with Crippen LogP contribution in [-0.4, -0.2) is 62.1 Å². The van der Waals surface area contributed by atoms with Gasteiger partial charge in [-0.05, 0) is 42.2 Å². The molecule has 1 aliphatic heterocycles. The Hall–Kier alpha value is -4.21. The number of anilines is 2. The lowest BCUT2D eigenvalue weighted by atomic mass is 10.1. The molecule has 0 spiro atoms. The summed E-state index contributed by atoms with van der Waals surface area (Å²) in [5, 5.41) is 6.76. The number of methoxy groups -OCH3 is 1. The minimum atomic E-state index is 0.216. The summed E-state index contributed by atoms with van der Waals surface area (Å²) in [6.07, 6.45) is 7.73. The molecule has 4 aromatic rings. The van der Waals surface area contributed by atoms with Gasteiger partial charge in [-0.3, -0.25) is 9.78 Å². The van der Waals surface area contributed by atoms with Crippen molar-refractivity contribution < 1.29 is 9.53 Å². The molecule has 4 heterocycles. The van der Waals surface area contributed by atoms with Crippen LogP contribution in [0.25, 0.3) is 11.2 Å². The Labute approximate surface area is 209 Å². The average Bonchev–Trinajstić information content (AvgIpc) is 3.52. The highest BCUT2D eigenvalue weighted by molar-refractivity contribution is 5.84. The predicted molar refractivity (Wildman–Crippen MR) is 138 cm³/mol. The number of nitrogens with one attached hydrogen (secondary N) is 2. The Morgan fingerprint density at radius 2 is 1.94 bits per heavy atom. The van der Waals surface area contributed by atoms with Crippen molar-refractivity contribution in [2.24, 2.45) is 0 Å². The van der Waals surface area contributed by atoms with E-state index >= 15 is 0 Å². The fourth-order valence-corrected chi connectivity index (χ4v) is 4.28. The second kappa shape index (κ2) is 11.0. The lowest BCUT2D eigenvalue weighted by Gasteiger charge is -2.16. The number of aromatic nitrogens is 5. The van der Waals surface area contributed by atoms with Crippen molar-refractivity contribution >= 4 is 28.8 Å². The number of imidazole rings is 1. The minimum absolute atomic E-state index is 0.216. The Bertz CT molecular complexity index is 1310. The summed E-state index contributed by atoms with van der Waals surface area (Å²) >= 11 is 0. The summed E-state index contributed by atoms with van der Waals surface area (Å²) in [6.45, 7) is 3.34. The molecule has 0 saturated carbocycles. The Morgan fingerprint density at radius 1 is 1.06 bits per heavy atom. The summed E-state index contributed by atoms with van der Waals surface area (Å²) < 4.78 is 7.24. The summed E-state index contributed by atoms with van der Waals surface area (Å²) in [7, 11) is 1.67. The van der Waals surface area contributed by atoms with E-state index in [-0.39, 0.29) is 5.91 Å². The molecule has 10 nitrogen and oxygen atoms in total. The summed E-state index contributed by atoms with van der Waals surface area (Å²) in [5.74, 6) is 2.25. The monoisotopic (exact) mass is 486 g/mol. The molecule has 186 valence electrons. The number of amides is 1. The van der Waals surface area contributed by atoms with Crippen molar-refractivity contribution in [2.45, 2.75) is 32.4 Å². The lowest BCUT2D eigenvalue weighted by molar-refractivity contribution is -0.127. The maximum atomic E-state index is 12.0. The number of nitrogens with zero attached hydrogens (tertiary/aromatic N) is 6. The molecular formula is C26H30N8O2. The molecule has 36 heavy (non-hydrogen) atoms. The zero-order valence-electron chi connectivity index (χ0n) is 20.4. The third kappa shape index (κ3) is 5.54. The van der Waals surface area contributed by atoms with Crippen LogP contribution in [0.15, 0.2) is 55.1 Å². The molecule has 0 bridgehead atoms. The van der Waals surface area contributed by atoms with E-state index in [9.17, 15) is 4.79 Å². The van der Waals surface area contributed by atoms with Gasteiger partial charge >= 0.3 is 0 Å². The molecule has 1 aliphatic rings. The molecule has 0 radical (unpaired) electrons. The van der Waals surface area contributed by atoms with Gasteiger partial charge in [0.05, 0.1) is 13.4 Å². The first kappa shape index (κ1) is 23.5. The van der Waals surface area contributed by atoms with Gasteiger partial charge in [0.25, 0.3) is 0 Å². The zero-order valence-corrected chi connectivity index (χ0v) is 20.4. The van der Waals surface area contributed by atoms with Crippen molar-refractivity contribution in [3.05, 3.63) is 66.2 Å². The number of benzene rings is 1. The molecule has 0 unspecified atom stereocenters. The number of hydrogen-bond acceptors (Lipinski definition) is 8. The predicted octanol–water partition coefficient (Wildman–Crippen LogP) is 3.12. The quantitative estimate of drug-likeness (QED) is 0.333. The molecule has 2 N–H and O–H groups in total. The minimum Gasteiger partial charge on any atom is -0.497 e. The van der Waals surface area contributed by atoms with Crippen LogP contribution in [0.5, 0.6) is 5.75 Å². The molecule has 0 atom stereocenters. The van der Waals surface area contributed by atoms with Gasteiger partial charge in [0.1, 0.15) is 5.75 Å². The standard InChI is InChI=1S/C26H30N8O2/c1-36-21-8-6-19(7-9-21)10-12-28-24-23-25(32-26(31-24)29-17-20-4-2-11-27-16-20)34(18-30-23)15-14-33-13-3-5-22(33)35/h2,4,6-9,11,16,18H,3,5,10,12-15,17H2,1H3,(H2,28,29,31,32). The van der Waals surface area contributed by atoms with Gasteiger partial charge in [0.15, 0.2) is 17.0 Å². The maximum absolute atomic E-state index is 12.0. The van der Waals surface area contributed by atoms with Crippen LogP contribution in [0, 0.1) is 0 Å². The number of rotatable bonds is 11. The lowest BCUT2D eigenvalue weighted by Crippen LogP contribution is -2.28. The van der Waals surface area contributed by atoms with Crippen LogP contribution in [-0.2, 0) is 24.3 Å². The van der Waals surface area contributed by atoms with Gasteiger partial charge in [-0.15, -0.1) is 0 Å². The van der Waals surface area contributed by atoms with Gasteiger partial charge in [0, 0.05) is 51.5 Å². The summed E-state index contributed by atoms with van der Waals surface area (Å²) in [6, 6.07) is 12.0. The topological polar surface area (TPSA) is 110 Å². The molecule has 1 saturated heterocycles. The molecule has 3 aromatic heterocycles. The summed E-state index contributed by atoms with van der Waals surface area (Å²) in [5.41, 5.74) is 3.68. The maximum Gasteiger partial charge on any atom is 0.227 e. The fraction of sp³-hybridized carbons (Fsp3) is 0.346. The van der Waals surface area contributed by atoms with E-state index in [0.29, 0.717) is 49.9 Å². The number of fused-ring (bicyclic) bond motifs is 1. The van der Waals surface area contributed by atoms with Crippen molar-refractivity contribution in [2.75, 3.05) is 37.4 Å². The molecule has 10 heteroatoms. The second-order valence-corrected chi connectivity index (χ2v) is 8.73. The van der Waals surface area contributed by atoms with E-state index in [1.165, 1.54) is 5.56 Å². The van der Waals surface area contributed by atoms with Crippen LogP contribution in [0.2, 0.25) is 0 Å².